The average Bonchev–Trinajstić information content (AvgIpc) is 2.99. The molecule has 1 aliphatic carbocycles. The molecule has 1 heterocycles. The predicted octanol–water partition coefficient (Wildman–Crippen LogP) is 3.42. The molecule has 1 aromatic carbocycles. The Hall–Kier alpha value is -1.52. The van der Waals surface area contributed by atoms with Crippen LogP contribution in [0.4, 0.5) is 0 Å². The molecular weight excluding hydrogens is 288 g/mol. The van der Waals surface area contributed by atoms with Gasteiger partial charge in [0.1, 0.15) is 12.4 Å². The van der Waals surface area contributed by atoms with Crippen LogP contribution in [0.2, 0.25) is 5.02 Å². The first-order chi connectivity index (χ1) is 10.1. The lowest BCUT2D eigenvalue weighted by atomic mass is 10.1. The van der Waals surface area contributed by atoms with Crippen LogP contribution in [-0.4, -0.2) is 14.9 Å². The summed E-state index contributed by atoms with van der Waals surface area (Å²) in [6.07, 6.45) is 1.25. The summed E-state index contributed by atoms with van der Waals surface area (Å²) < 4.78 is 7.83. The SMILES string of the molecule is CCn1nc(C)c(Cl)c1COc1cccc2c1CCC2O. The highest BCUT2D eigenvalue weighted by molar-refractivity contribution is 6.31. The molecule has 1 unspecified atom stereocenters. The van der Waals surface area contributed by atoms with Crippen molar-refractivity contribution in [3.63, 3.8) is 0 Å². The van der Waals surface area contributed by atoms with Crippen molar-refractivity contribution in [2.24, 2.45) is 0 Å². The second kappa shape index (κ2) is 5.70. The highest BCUT2D eigenvalue weighted by Crippen LogP contribution is 2.37. The number of benzene rings is 1. The zero-order valence-corrected chi connectivity index (χ0v) is 13.0. The fraction of sp³-hybridized carbons (Fsp3) is 0.438. The zero-order chi connectivity index (χ0) is 15.0. The number of ether oxygens (including phenoxy) is 1. The number of hydrogen-bond acceptors (Lipinski definition) is 3. The summed E-state index contributed by atoms with van der Waals surface area (Å²) >= 11 is 6.30. The highest BCUT2D eigenvalue weighted by atomic mass is 35.5. The van der Waals surface area contributed by atoms with Gasteiger partial charge in [0.2, 0.25) is 0 Å². The summed E-state index contributed by atoms with van der Waals surface area (Å²) in [5, 5.41) is 15.0. The zero-order valence-electron chi connectivity index (χ0n) is 12.3. The molecule has 1 aromatic heterocycles. The number of halogens is 1. The van der Waals surface area contributed by atoms with Gasteiger partial charge in [-0.3, -0.25) is 4.68 Å². The van der Waals surface area contributed by atoms with Crippen LogP contribution in [0.3, 0.4) is 0 Å². The molecule has 0 spiro atoms. The molecule has 1 N–H and O–H groups in total. The lowest BCUT2D eigenvalue weighted by Crippen LogP contribution is -2.07. The van der Waals surface area contributed by atoms with E-state index in [0.717, 1.165) is 47.7 Å². The number of aliphatic hydroxyl groups is 1. The van der Waals surface area contributed by atoms with E-state index in [4.69, 9.17) is 16.3 Å². The van der Waals surface area contributed by atoms with Gasteiger partial charge in [-0.1, -0.05) is 23.7 Å². The van der Waals surface area contributed by atoms with E-state index < -0.39 is 0 Å². The van der Waals surface area contributed by atoms with Gasteiger partial charge >= 0.3 is 0 Å². The Balaban J connectivity index is 1.84. The molecule has 0 fully saturated rings. The quantitative estimate of drug-likeness (QED) is 0.941. The molecule has 0 bridgehead atoms. The minimum absolute atomic E-state index is 0.365. The molecule has 21 heavy (non-hydrogen) atoms. The van der Waals surface area contributed by atoms with Gasteiger partial charge in [0.15, 0.2) is 0 Å². The molecule has 0 radical (unpaired) electrons. The van der Waals surface area contributed by atoms with Crippen LogP contribution in [0.5, 0.6) is 5.75 Å². The van der Waals surface area contributed by atoms with Gasteiger partial charge in [-0.15, -0.1) is 0 Å². The molecule has 4 nitrogen and oxygen atoms in total. The van der Waals surface area contributed by atoms with Crippen LogP contribution in [0, 0.1) is 6.92 Å². The van der Waals surface area contributed by atoms with Gasteiger partial charge < -0.3 is 9.84 Å². The van der Waals surface area contributed by atoms with Gasteiger partial charge in [-0.2, -0.15) is 5.10 Å². The number of aryl methyl sites for hydroxylation is 2. The van der Waals surface area contributed by atoms with E-state index in [9.17, 15) is 5.11 Å². The molecule has 0 saturated carbocycles. The lowest BCUT2D eigenvalue weighted by Gasteiger charge is -2.12. The third-order valence-corrected chi connectivity index (χ3v) is 4.50. The van der Waals surface area contributed by atoms with E-state index in [1.807, 2.05) is 36.7 Å². The van der Waals surface area contributed by atoms with E-state index in [-0.39, 0.29) is 6.10 Å². The Morgan fingerprint density at radius 3 is 3.05 bits per heavy atom. The van der Waals surface area contributed by atoms with E-state index in [1.54, 1.807) is 0 Å². The average molecular weight is 307 g/mol. The van der Waals surface area contributed by atoms with Crippen molar-refractivity contribution in [3.8, 4) is 5.75 Å². The number of aromatic nitrogens is 2. The van der Waals surface area contributed by atoms with Gasteiger partial charge in [0.05, 0.1) is 22.5 Å². The van der Waals surface area contributed by atoms with Crippen LogP contribution in [0.25, 0.3) is 0 Å². The molecule has 112 valence electrons. The summed E-state index contributed by atoms with van der Waals surface area (Å²) in [6.45, 7) is 5.08. The number of aliphatic hydroxyl groups excluding tert-OH is 1. The Morgan fingerprint density at radius 2 is 2.29 bits per heavy atom. The summed E-state index contributed by atoms with van der Waals surface area (Å²) in [6, 6.07) is 5.84. The summed E-state index contributed by atoms with van der Waals surface area (Å²) in [5.41, 5.74) is 3.82. The maximum Gasteiger partial charge on any atom is 0.131 e. The molecule has 3 rings (SSSR count). The first-order valence-corrected chi connectivity index (χ1v) is 7.64. The van der Waals surface area contributed by atoms with Crippen LogP contribution in [0.15, 0.2) is 18.2 Å². The van der Waals surface area contributed by atoms with Crippen molar-refractivity contribution < 1.29 is 9.84 Å². The first-order valence-electron chi connectivity index (χ1n) is 7.26. The van der Waals surface area contributed by atoms with Crippen LogP contribution >= 0.6 is 11.6 Å². The van der Waals surface area contributed by atoms with Crippen molar-refractivity contribution in [1.82, 2.24) is 9.78 Å². The number of hydrogen-bond donors (Lipinski definition) is 1. The second-order valence-electron chi connectivity index (χ2n) is 5.33. The van der Waals surface area contributed by atoms with Gasteiger partial charge in [0.25, 0.3) is 0 Å². The molecule has 2 aromatic rings. The van der Waals surface area contributed by atoms with Crippen molar-refractivity contribution in [3.05, 3.63) is 45.7 Å². The Morgan fingerprint density at radius 1 is 1.48 bits per heavy atom. The van der Waals surface area contributed by atoms with Crippen LogP contribution in [0.1, 0.15) is 42.0 Å². The van der Waals surface area contributed by atoms with Crippen LogP contribution < -0.4 is 4.74 Å². The predicted molar refractivity (Wildman–Crippen MR) is 81.7 cm³/mol. The van der Waals surface area contributed by atoms with Crippen molar-refractivity contribution in [1.29, 1.82) is 0 Å². The fourth-order valence-corrected chi connectivity index (χ4v) is 3.08. The Labute approximate surface area is 129 Å². The third kappa shape index (κ3) is 2.54. The van der Waals surface area contributed by atoms with Crippen LogP contribution in [-0.2, 0) is 19.6 Å². The standard InChI is InChI=1S/C16H19ClN2O2/c1-3-19-13(16(17)10(2)18-19)9-21-15-6-4-5-11-12(15)7-8-14(11)20/h4-6,14,20H,3,7-9H2,1-2H3. The highest BCUT2D eigenvalue weighted by Gasteiger charge is 2.23. The number of fused-ring (bicyclic) bond motifs is 1. The van der Waals surface area contributed by atoms with E-state index in [0.29, 0.717) is 11.6 Å². The molecule has 5 heteroatoms. The Kier molecular flexibility index (Phi) is 3.91. The largest absolute Gasteiger partial charge is 0.487 e. The number of rotatable bonds is 4. The minimum Gasteiger partial charge on any atom is -0.487 e. The van der Waals surface area contributed by atoms with Gasteiger partial charge in [-0.25, -0.2) is 0 Å². The van der Waals surface area contributed by atoms with Gasteiger partial charge in [0, 0.05) is 12.1 Å². The summed E-state index contributed by atoms with van der Waals surface area (Å²) in [4.78, 5) is 0. The topological polar surface area (TPSA) is 47.3 Å². The van der Waals surface area contributed by atoms with Crippen molar-refractivity contribution in [2.45, 2.75) is 45.9 Å². The lowest BCUT2D eigenvalue weighted by molar-refractivity contribution is 0.180. The fourth-order valence-electron chi connectivity index (χ4n) is 2.89. The maximum absolute atomic E-state index is 9.93. The molecule has 1 aliphatic rings. The third-order valence-electron chi connectivity index (χ3n) is 4.01. The van der Waals surface area contributed by atoms with Gasteiger partial charge in [-0.05, 0) is 38.3 Å². The summed E-state index contributed by atoms with van der Waals surface area (Å²) in [5.74, 6) is 0.835. The Bertz CT molecular complexity index is 667. The number of nitrogens with zero attached hydrogens (tertiary/aromatic N) is 2. The van der Waals surface area contributed by atoms with Crippen molar-refractivity contribution >= 4 is 11.6 Å². The molecule has 0 aliphatic heterocycles. The summed E-state index contributed by atoms with van der Waals surface area (Å²) in [7, 11) is 0. The second-order valence-corrected chi connectivity index (χ2v) is 5.71. The minimum atomic E-state index is -0.365. The normalized spacial score (nSPS) is 17.0. The van der Waals surface area contributed by atoms with E-state index in [1.165, 1.54) is 0 Å². The molecule has 0 amide bonds. The molecular formula is C16H19ClN2O2. The maximum atomic E-state index is 9.93. The molecule has 0 saturated heterocycles. The van der Waals surface area contributed by atoms with E-state index >= 15 is 0 Å². The van der Waals surface area contributed by atoms with E-state index in [2.05, 4.69) is 5.10 Å². The molecule has 1 atom stereocenters. The monoisotopic (exact) mass is 306 g/mol. The van der Waals surface area contributed by atoms with Crippen molar-refractivity contribution in [2.75, 3.05) is 0 Å². The first kappa shape index (κ1) is 14.4. The smallest absolute Gasteiger partial charge is 0.131 e.